The summed E-state index contributed by atoms with van der Waals surface area (Å²) in [7, 11) is 6.03. The summed E-state index contributed by atoms with van der Waals surface area (Å²) in [5.74, 6) is 2.37. The minimum absolute atomic E-state index is 0.0286. The molecule has 0 fully saturated rings. The third-order valence-corrected chi connectivity index (χ3v) is 6.36. The summed E-state index contributed by atoms with van der Waals surface area (Å²) >= 11 is 5.95. The molecule has 2 aliphatic rings. The fourth-order valence-corrected chi connectivity index (χ4v) is 4.49. The average molecular weight is 447 g/mol. The second-order valence-corrected chi connectivity index (χ2v) is 8.79. The third-order valence-electron chi connectivity index (χ3n) is 6.11. The minimum Gasteiger partial charge on any atom is -0.492 e. The summed E-state index contributed by atoms with van der Waals surface area (Å²) in [6.07, 6.45) is 2.63. The monoisotopic (exact) mass is 446 g/mol. The lowest BCUT2D eigenvalue weighted by Gasteiger charge is -2.43. The summed E-state index contributed by atoms with van der Waals surface area (Å²) < 4.78 is 17.8. The number of ketones is 1. The van der Waals surface area contributed by atoms with Crippen molar-refractivity contribution >= 4 is 17.4 Å². The number of carbonyl (C=O) groups excluding carboxylic acids is 1. The normalized spacial score (nSPS) is 17.9. The van der Waals surface area contributed by atoms with Gasteiger partial charge in [0.15, 0.2) is 11.5 Å². The number of fused-ring (bicyclic) bond motifs is 2. The maximum absolute atomic E-state index is 12.9. The first-order valence-electron chi connectivity index (χ1n) is 11.0. The molecule has 2 aliphatic heterocycles. The van der Waals surface area contributed by atoms with Crippen LogP contribution >= 0.6 is 11.6 Å². The van der Waals surface area contributed by atoms with Crippen molar-refractivity contribution in [2.75, 3.05) is 34.5 Å². The smallest absolute Gasteiger partial charge is 0.231 e. The van der Waals surface area contributed by atoms with E-state index in [-0.39, 0.29) is 18.6 Å². The summed E-state index contributed by atoms with van der Waals surface area (Å²) in [5, 5.41) is 0.712. The van der Waals surface area contributed by atoms with Gasteiger partial charge in [-0.05, 0) is 35.7 Å². The van der Waals surface area contributed by atoms with E-state index >= 15 is 0 Å². The molecule has 5 nitrogen and oxygen atoms in total. The molecule has 0 saturated heterocycles. The molecule has 6 heteroatoms. The zero-order valence-corrected chi connectivity index (χ0v) is 19.9. The third kappa shape index (κ3) is 4.99. The van der Waals surface area contributed by atoms with Crippen LogP contribution in [0.2, 0.25) is 5.02 Å². The molecule has 1 unspecified atom stereocenters. The number of halogens is 1. The fraction of sp³-hybridized carbons (Fsp3) is 0.480. The number of benzene rings is 2. The number of hydrogen-bond donors (Lipinski definition) is 0. The molecule has 2 aromatic carbocycles. The molecule has 0 amide bonds. The van der Waals surface area contributed by atoms with Gasteiger partial charge in [0.2, 0.25) is 12.5 Å². The molecule has 1 atom stereocenters. The lowest BCUT2D eigenvalue weighted by atomic mass is 9.86. The number of hydrogen-bond acceptors (Lipinski definition) is 4. The highest BCUT2D eigenvalue weighted by molar-refractivity contribution is 6.30. The summed E-state index contributed by atoms with van der Waals surface area (Å²) in [6, 6.07) is 9.79. The Labute approximate surface area is 190 Å². The number of likely N-dealkylation sites (N-methyl/N-ethyl adjacent to an activating group) is 1. The molecule has 0 N–H and O–H groups in total. The number of methoxy groups -OCH3 is 1. The standard InChI is InChI=1S/C23H27ClNO4.C2H6/c1-25(2)11-10-16-12-20-22(29-14-28-20)23(27-3)21(16)19(25)13-18(26)9-6-15-4-7-17(24)8-5-15;1-2/h4-5,7-8,12,19H,6,9-11,13-14H2,1-3H3;1-2H3/q+1;. The topological polar surface area (TPSA) is 44.8 Å². The van der Waals surface area contributed by atoms with E-state index in [0.717, 1.165) is 46.5 Å². The summed E-state index contributed by atoms with van der Waals surface area (Å²) in [6.45, 7) is 5.17. The second kappa shape index (κ2) is 9.92. The molecular weight excluding hydrogens is 414 g/mol. The predicted molar refractivity (Wildman–Crippen MR) is 123 cm³/mol. The Morgan fingerprint density at radius 2 is 1.90 bits per heavy atom. The van der Waals surface area contributed by atoms with Crippen LogP contribution in [-0.2, 0) is 17.6 Å². The van der Waals surface area contributed by atoms with Crippen LogP contribution in [0.4, 0.5) is 0 Å². The number of quaternary nitrogens is 1. The van der Waals surface area contributed by atoms with Crippen LogP contribution in [0.1, 0.15) is 49.4 Å². The first-order valence-corrected chi connectivity index (χ1v) is 11.3. The van der Waals surface area contributed by atoms with Gasteiger partial charge in [0.1, 0.15) is 11.8 Å². The van der Waals surface area contributed by atoms with Gasteiger partial charge in [-0.25, -0.2) is 0 Å². The first-order chi connectivity index (χ1) is 14.9. The highest BCUT2D eigenvalue weighted by Crippen LogP contribution is 2.51. The molecule has 4 rings (SSSR count). The van der Waals surface area contributed by atoms with Crippen LogP contribution in [0, 0.1) is 0 Å². The molecule has 0 saturated carbocycles. The largest absolute Gasteiger partial charge is 0.492 e. The van der Waals surface area contributed by atoms with Crippen molar-refractivity contribution in [3.63, 3.8) is 0 Å². The van der Waals surface area contributed by atoms with E-state index in [0.29, 0.717) is 23.6 Å². The van der Waals surface area contributed by atoms with E-state index in [4.69, 9.17) is 25.8 Å². The summed E-state index contributed by atoms with van der Waals surface area (Å²) in [4.78, 5) is 12.9. The predicted octanol–water partition coefficient (Wildman–Crippen LogP) is 5.37. The van der Waals surface area contributed by atoms with Gasteiger partial charge in [0.25, 0.3) is 0 Å². The van der Waals surface area contributed by atoms with Gasteiger partial charge < -0.3 is 18.7 Å². The molecule has 168 valence electrons. The van der Waals surface area contributed by atoms with E-state index in [1.807, 2.05) is 38.1 Å². The van der Waals surface area contributed by atoms with Crippen molar-refractivity contribution in [3.05, 3.63) is 52.0 Å². The Morgan fingerprint density at radius 3 is 2.58 bits per heavy atom. The Morgan fingerprint density at radius 1 is 1.19 bits per heavy atom. The Bertz CT molecular complexity index is 924. The van der Waals surface area contributed by atoms with Crippen molar-refractivity contribution in [1.29, 1.82) is 0 Å². The summed E-state index contributed by atoms with van der Waals surface area (Å²) in [5.41, 5.74) is 3.41. The maximum atomic E-state index is 12.9. The van der Waals surface area contributed by atoms with Gasteiger partial charge in [0, 0.05) is 17.9 Å². The Kier molecular flexibility index (Phi) is 7.50. The zero-order chi connectivity index (χ0) is 22.6. The van der Waals surface area contributed by atoms with Crippen LogP contribution in [0.25, 0.3) is 0 Å². The van der Waals surface area contributed by atoms with Gasteiger partial charge in [0.05, 0.1) is 39.7 Å². The van der Waals surface area contributed by atoms with Crippen molar-refractivity contribution in [2.24, 2.45) is 0 Å². The molecular formula is C25H33ClNO4+. The Hall–Kier alpha value is -2.24. The van der Waals surface area contributed by atoms with Crippen molar-refractivity contribution < 1.29 is 23.5 Å². The number of carbonyl (C=O) groups is 1. The lowest BCUT2D eigenvalue weighted by Crippen LogP contribution is -2.48. The molecule has 0 bridgehead atoms. The van der Waals surface area contributed by atoms with Crippen LogP contribution in [0.15, 0.2) is 30.3 Å². The molecule has 0 aromatic heterocycles. The number of Topliss-reactive ketones (excluding diaryl/α,β-unsaturated/α-hetero) is 1. The van der Waals surface area contributed by atoms with Gasteiger partial charge in [-0.1, -0.05) is 37.6 Å². The molecule has 31 heavy (non-hydrogen) atoms. The van der Waals surface area contributed by atoms with Crippen molar-refractivity contribution in [2.45, 2.75) is 45.6 Å². The highest BCUT2D eigenvalue weighted by Gasteiger charge is 2.42. The first kappa shape index (κ1) is 23.4. The van der Waals surface area contributed by atoms with Gasteiger partial charge >= 0.3 is 0 Å². The van der Waals surface area contributed by atoms with Crippen LogP contribution < -0.4 is 14.2 Å². The van der Waals surface area contributed by atoms with E-state index in [1.54, 1.807) is 7.11 Å². The van der Waals surface area contributed by atoms with Crippen LogP contribution in [0.3, 0.4) is 0 Å². The quantitative estimate of drug-likeness (QED) is 0.559. The van der Waals surface area contributed by atoms with E-state index in [9.17, 15) is 4.79 Å². The molecule has 0 radical (unpaired) electrons. The number of rotatable bonds is 6. The van der Waals surface area contributed by atoms with Gasteiger partial charge in [-0.2, -0.15) is 0 Å². The number of nitrogens with zero attached hydrogens (tertiary/aromatic N) is 1. The van der Waals surface area contributed by atoms with E-state index < -0.39 is 0 Å². The maximum Gasteiger partial charge on any atom is 0.231 e. The van der Waals surface area contributed by atoms with E-state index in [2.05, 4.69) is 20.2 Å². The van der Waals surface area contributed by atoms with Crippen LogP contribution in [0.5, 0.6) is 17.2 Å². The molecule has 2 aromatic rings. The SMILES string of the molecule is CC.COc1c2c(cc3c1C(CC(=O)CCc1ccc(Cl)cc1)[N+](C)(C)CC3)OCO2. The van der Waals surface area contributed by atoms with Crippen LogP contribution in [-0.4, -0.2) is 44.8 Å². The fourth-order valence-electron chi connectivity index (χ4n) is 4.37. The minimum atomic E-state index is 0.0286. The Balaban J connectivity index is 0.00000132. The molecule has 2 heterocycles. The van der Waals surface area contributed by atoms with Gasteiger partial charge in [-0.3, -0.25) is 4.79 Å². The van der Waals surface area contributed by atoms with Crippen molar-refractivity contribution in [1.82, 2.24) is 0 Å². The second-order valence-electron chi connectivity index (χ2n) is 8.35. The van der Waals surface area contributed by atoms with E-state index in [1.165, 1.54) is 5.56 Å². The average Bonchev–Trinajstić information content (AvgIpc) is 3.23. The lowest BCUT2D eigenvalue weighted by molar-refractivity contribution is -0.922. The molecule has 0 aliphatic carbocycles. The zero-order valence-electron chi connectivity index (χ0n) is 19.2. The molecule has 0 spiro atoms. The number of aryl methyl sites for hydroxylation is 1. The van der Waals surface area contributed by atoms with Gasteiger partial charge in [-0.15, -0.1) is 0 Å². The van der Waals surface area contributed by atoms with Crippen molar-refractivity contribution in [3.8, 4) is 17.2 Å². The highest BCUT2D eigenvalue weighted by atomic mass is 35.5. The number of ether oxygens (including phenoxy) is 3.